The standard InChI is InChI=1S/C10H11ClFNO/c11-8-2-1-7(3-9(8)12)4-10(14)5-13-6-10/h1-3,13-14H,4-6H2. The Bertz CT molecular complexity index is 352. The van der Waals surface area contributed by atoms with Crippen LogP contribution in [0.25, 0.3) is 0 Å². The van der Waals surface area contributed by atoms with E-state index in [9.17, 15) is 9.50 Å². The SMILES string of the molecule is OC1(Cc2ccc(Cl)c(F)c2)CNC1. The fourth-order valence-corrected chi connectivity index (χ4v) is 1.69. The van der Waals surface area contributed by atoms with E-state index in [0.717, 1.165) is 5.56 Å². The highest BCUT2D eigenvalue weighted by molar-refractivity contribution is 6.30. The van der Waals surface area contributed by atoms with E-state index in [1.807, 2.05) is 0 Å². The van der Waals surface area contributed by atoms with Gasteiger partial charge in [0.15, 0.2) is 0 Å². The van der Waals surface area contributed by atoms with Crippen molar-refractivity contribution in [3.05, 3.63) is 34.6 Å². The molecule has 1 heterocycles. The van der Waals surface area contributed by atoms with Crippen molar-refractivity contribution in [3.8, 4) is 0 Å². The maximum absolute atomic E-state index is 13.0. The van der Waals surface area contributed by atoms with Gasteiger partial charge in [0.05, 0.1) is 10.6 Å². The van der Waals surface area contributed by atoms with Crippen LogP contribution in [0.3, 0.4) is 0 Å². The lowest BCUT2D eigenvalue weighted by molar-refractivity contribution is -0.00905. The molecule has 0 atom stereocenters. The van der Waals surface area contributed by atoms with Gasteiger partial charge in [-0.1, -0.05) is 17.7 Å². The van der Waals surface area contributed by atoms with E-state index in [1.54, 1.807) is 6.07 Å². The summed E-state index contributed by atoms with van der Waals surface area (Å²) in [5.74, 6) is -0.431. The van der Waals surface area contributed by atoms with Gasteiger partial charge >= 0.3 is 0 Å². The Morgan fingerprint density at radius 2 is 2.21 bits per heavy atom. The molecular weight excluding hydrogens is 205 g/mol. The van der Waals surface area contributed by atoms with Crippen LogP contribution in [0.1, 0.15) is 5.56 Å². The third-order valence-corrected chi connectivity index (χ3v) is 2.73. The molecule has 0 aliphatic carbocycles. The van der Waals surface area contributed by atoms with E-state index in [-0.39, 0.29) is 5.02 Å². The largest absolute Gasteiger partial charge is 0.387 e. The highest BCUT2D eigenvalue weighted by Gasteiger charge is 2.34. The van der Waals surface area contributed by atoms with Crippen molar-refractivity contribution >= 4 is 11.6 Å². The van der Waals surface area contributed by atoms with Gasteiger partial charge in [-0.3, -0.25) is 0 Å². The quantitative estimate of drug-likeness (QED) is 0.781. The monoisotopic (exact) mass is 215 g/mol. The molecule has 0 bridgehead atoms. The smallest absolute Gasteiger partial charge is 0.142 e. The molecule has 1 aromatic carbocycles. The van der Waals surface area contributed by atoms with Crippen molar-refractivity contribution in [3.63, 3.8) is 0 Å². The van der Waals surface area contributed by atoms with E-state index >= 15 is 0 Å². The van der Waals surface area contributed by atoms with Gasteiger partial charge in [-0.2, -0.15) is 0 Å². The molecule has 76 valence electrons. The van der Waals surface area contributed by atoms with Crippen molar-refractivity contribution in [2.45, 2.75) is 12.0 Å². The third kappa shape index (κ3) is 1.90. The summed E-state index contributed by atoms with van der Waals surface area (Å²) in [6, 6.07) is 4.63. The van der Waals surface area contributed by atoms with Crippen LogP contribution in [-0.4, -0.2) is 23.8 Å². The molecule has 2 N–H and O–H groups in total. The van der Waals surface area contributed by atoms with Crippen molar-refractivity contribution in [2.75, 3.05) is 13.1 Å². The molecule has 2 rings (SSSR count). The van der Waals surface area contributed by atoms with Gasteiger partial charge in [-0.05, 0) is 17.7 Å². The van der Waals surface area contributed by atoms with Crippen LogP contribution in [0.15, 0.2) is 18.2 Å². The van der Waals surface area contributed by atoms with Crippen molar-refractivity contribution in [1.29, 1.82) is 0 Å². The molecule has 0 saturated carbocycles. The van der Waals surface area contributed by atoms with E-state index in [4.69, 9.17) is 11.6 Å². The average molecular weight is 216 g/mol. The minimum absolute atomic E-state index is 0.118. The number of rotatable bonds is 2. The summed E-state index contributed by atoms with van der Waals surface area (Å²) < 4.78 is 13.0. The first-order chi connectivity index (χ1) is 6.59. The normalized spacial score (nSPS) is 19.1. The topological polar surface area (TPSA) is 32.3 Å². The summed E-state index contributed by atoms with van der Waals surface area (Å²) in [7, 11) is 0. The maximum Gasteiger partial charge on any atom is 0.142 e. The highest BCUT2D eigenvalue weighted by atomic mass is 35.5. The van der Waals surface area contributed by atoms with Crippen molar-refractivity contribution in [1.82, 2.24) is 5.32 Å². The summed E-state index contributed by atoms with van der Waals surface area (Å²) in [4.78, 5) is 0. The van der Waals surface area contributed by atoms with E-state index < -0.39 is 11.4 Å². The summed E-state index contributed by atoms with van der Waals surface area (Å²) in [6.45, 7) is 1.13. The number of benzene rings is 1. The molecule has 4 heteroatoms. The Hall–Kier alpha value is -0.640. The second kappa shape index (κ2) is 3.50. The molecule has 14 heavy (non-hydrogen) atoms. The Balaban J connectivity index is 2.13. The van der Waals surface area contributed by atoms with Gasteiger partial charge in [0.2, 0.25) is 0 Å². The zero-order valence-electron chi connectivity index (χ0n) is 7.56. The fourth-order valence-electron chi connectivity index (χ4n) is 1.57. The molecule has 1 aliphatic heterocycles. The molecule has 1 aliphatic rings. The Labute approximate surface area is 86.7 Å². The first-order valence-corrected chi connectivity index (χ1v) is 4.84. The predicted molar refractivity (Wildman–Crippen MR) is 52.9 cm³/mol. The molecule has 1 saturated heterocycles. The Morgan fingerprint density at radius 1 is 1.50 bits per heavy atom. The van der Waals surface area contributed by atoms with Crippen molar-refractivity contribution in [2.24, 2.45) is 0 Å². The van der Waals surface area contributed by atoms with Gasteiger partial charge in [-0.15, -0.1) is 0 Å². The lowest BCUT2D eigenvalue weighted by atomic mass is 9.89. The minimum atomic E-state index is -0.708. The first kappa shape index (κ1) is 9.90. The summed E-state index contributed by atoms with van der Waals surface area (Å²) in [5.41, 5.74) is 0.0659. The third-order valence-electron chi connectivity index (χ3n) is 2.43. The minimum Gasteiger partial charge on any atom is -0.387 e. The van der Waals surface area contributed by atoms with E-state index in [1.165, 1.54) is 12.1 Å². The average Bonchev–Trinajstić information content (AvgIpc) is 2.09. The van der Waals surface area contributed by atoms with Crippen LogP contribution in [0.2, 0.25) is 5.02 Å². The van der Waals surface area contributed by atoms with Crippen LogP contribution in [0.4, 0.5) is 4.39 Å². The summed E-state index contributed by atoms with van der Waals surface area (Å²) >= 11 is 5.55. The fraction of sp³-hybridized carbons (Fsp3) is 0.400. The number of hydrogen-bond donors (Lipinski definition) is 2. The molecule has 0 radical (unpaired) electrons. The zero-order chi connectivity index (χ0) is 10.2. The maximum atomic E-state index is 13.0. The van der Waals surface area contributed by atoms with Gasteiger partial charge in [0, 0.05) is 19.5 Å². The molecule has 0 spiro atoms. The molecule has 0 unspecified atom stereocenters. The number of aliphatic hydroxyl groups is 1. The summed E-state index contributed by atoms with van der Waals surface area (Å²) in [6.07, 6.45) is 0.466. The first-order valence-electron chi connectivity index (χ1n) is 4.46. The molecule has 2 nitrogen and oxygen atoms in total. The predicted octanol–water partition coefficient (Wildman–Crippen LogP) is 1.36. The molecule has 1 fully saturated rings. The van der Waals surface area contributed by atoms with Gasteiger partial charge in [0.25, 0.3) is 0 Å². The van der Waals surface area contributed by atoms with Gasteiger partial charge < -0.3 is 10.4 Å². The van der Waals surface area contributed by atoms with Crippen LogP contribution < -0.4 is 5.32 Å². The second-order valence-corrected chi connectivity index (χ2v) is 4.16. The lowest BCUT2D eigenvalue weighted by Gasteiger charge is -2.37. The number of halogens is 2. The van der Waals surface area contributed by atoms with Gasteiger partial charge in [-0.25, -0.2) is 4.39 Å². The highest BCUT2D eigenvalue weighted by Crippen LogP contribution is 2.21. The summed E-state index contributed by atoms with van der Waals surface area (Å²) in [5, 5.41) is 12.9. The van der Waals surface area contributed by atoms with E-state index in [2.05, 4.69) is 5.32 Å². The zero-order valence-corrected chi connectivity index (χ0v) is 8.31. The van der Waals surface area contributed by atoms with E-state index in [0.29, 0.717) is 19.5 Å². The Morgan fingerprint density at radius 3 is 2.71 bits per heavy atom. The van der Waals surface area contributed by atoms with Crippen molar-refractivity contribution < 1.29 is 9.50 Å². The molecule has 0 aromatic heterocycles. The van der Waals surface area contributed by atoms with Crippen LogP contribution in [0, 0.1) is 5.82 Å². The second-order valence-electron chi connectivity index (χ2n) is 3.75. The Kier molecular flexibility index (Phi) is 2.47. The van der Waals surface area contributed by atoms with Crippen LogP contribution in [0.5, 0.6) is 0 Å². The number of nitrogens with one attached hydrogen (secondary N) is 1. The van der Waals surface area contributed by atoms with Gasteiger partial charge in [0.1, 0.15) is 5.82 Å². The molecular formula is C10H11ClFNO. The molecule has 1 aromatic rings. The number of β-amino-alcohol motifs (C(OH)–C–C–N with tert-alkyl or cyclic N) is 1. The number of hydrogen-bond acceptors (Lipinski definition) is 2. The van der Waals surface area contributed by atoms with Crippen LogP contribution >= 0.6 is 11.6 Å². The van der Waals surface area contributed by atoms with Crippen LogP contribution in [-0.2, 0) is 6.42 Å². The lowest BCUT2D eigenvalue weighted by Crippen LogP contribution is -2.60. The molecule has 0 amide bonds.